The molecule has 1 fully saturated rings. The Bertz CT molecular complexity index is 1370. The summed E-state index contributed by atoms with van der Waals surface area (Å²) in [5.74, 6) is -0.212. The number of likely N-dealkylation sites (tertiary alicyclic amines) is 1. The number of amides is 2. The van der Waals surface area contributed by atoms with Gasteiger partial charge in [-0.15, -0.1) is 11.3 Å². The zero-order valence-corrected chi connectivity index (χ0v) is 20.7. The number of hydrogen-bond acceptors (Lipinski definition) is 5. The van der Waals surface area contributed by atoms with Gasteiger partial charge in [0.05, 0.1) is 12.2 Å². The number of thiophene rings is 1. The van der Waals surface area contributed by atoms with Crippen molar-refractivity contribution < 1.29 is 18.7 Å². The molecule has 1 aliphatic rings. The number of piperidine rings is 1. The highest BCUT2D eigenvalue weighted by molar-refractivity contribution is 7.20. The van der Waals surface area contributed by atoms with Crippen molar-refractivity contribution in [1.29, 1.82) is 0 Å². The van der Waals surface area contributed by atoms with Crippen LogP contribution in [0.5, 0.6) is 0 Å². The van der Waals surface area contributed by atoms with E-state index in [0.29, 0.717) is 21.7 Å². The maximum absolute atomic E-state index is 13.7. The third kappa shape index (κ3) is 4.49. The highest BCUT2D eigenvalue weighted by Crippen LogP contribution is 2.41. The molecule has 2 aromatic heterocycles. The molecule has 35 heavy (non-hydrogen) atoms. The van der Waals surface area contributed by atoms with Gasteiger partial charge < -0.3 is 19.4 Å². The number of rotatable bonds is 6. The van der Waals surface area contributed by atoms with Crippen LogP contribution in [0.3, 0.4) is 0 Å². The molecule has 0 radical (unpaired) electrons. The Balaban J connectivity index is 1.56. The maximum Gasteiger partial charge on any atom is 0.292 e. The second kappa shape index (κ2) is 10.1. The number of fused-ring (bicyclic) bond motifs is 1. The summed E-state index contributed by atoms with van der Waals surface area (Å²) in [6.45, 7) is 3.69. The minimum Gasteiger partial charge on any atom is -0.451 e. The van der Waals surface area contributed by atoms with E-state index >= 15 is 0 Å². The van der Waals surface area contributed by atoms with Gasteiger partial charge in [0.25, 0.3) is 11.8 Å². The zero-order valence-electron chi connectivity index (χ0n) is 19.9. The van der Waals surface area contributed by atoms with Crippen LogP contribution in [0.4, 0.5) is 5.00 Å². The minimum absolute atomic E-state index is 0.0300. The van der Waals surface area contributed by atoms with Crippen molar-refractivity contribution in [1.82, 2.24) is 4.90 Å². The molecule has 0 unspecified atom stereocenters. The minimum atomic E-state index is -0.387. The highest BCUT2D eigenvalue weighted by Gasteiger charge is 2.29. The molecule has 5 rings (SSSR count). The lowest BCUT2D eigenvalue weighted by atomic mass is 10.0. The van der Waals surface area contributed by atoms with Gasteiger partial charge in [0, 0.05) is 36.0 Å². The standard InChI is InChI=1S/C28H28N2O4S/c1-18-23(28(32)30-15-9-4-10-16-30)27(35-25(18)19-11-5-3-6-12-19)29-26(31)24-21(17-33-2)20-13-7-8-14-22(20)34-24/h3,5-8,11-14H,4,9-10,15-17H2,1-2H3,(H,29,31). The van der Waals surface area contributed by atoms with E-state index in [1.165, 1.54) is 11.3 Å². The Morgan fingerprint density at radius 2 is 1.74 bits per heavy atom. The predicted molar refractivity (Wildman–Crippen MR) is 139 cm³/mol. The average Bonchev–Trinajstić information content (AvgIpc) is 3.42. The molecule has 1 N–H and O–H groups in total. The molecule has 0 atom stereocenters. The van der Waals surface area contributed by atoms with E-state index in [2.05, 4.69) is 5.32 Å². The van der Waals surface area contributed by atoms with Gasteiger partial charge in [-0.1, -0.05) is 48.5 Å². The van der Waals surface area contributed by atoms with Gasteiger partial charge in [-0.3, -0.25) is 9.59 Å². The number of nitrogens with one attached hydrogen (secondary N) is 1. The van der Waals surface area contributed by atoms with Crippen LogP contribution in [-0.2, 0) is 11.3 Å². The molecule has 1 saturated heterocycles. The monoisotopic (exact) mass is 488 g/mol. The number of methoxy groups -OCH3 is 1. The quantitative estimate of drug-likeness (QED) is 0.336. The summed E-state index contributed by atoms with van der Waals surface area (Å²) >= 11 is 1.43. The van der Waals surface area contributed by atoms with Gasteiger partial charge in [0.2, 0.25) is 0 Å². The molecular weight excluding hydrogens is 460 g/mol. The molecule has 0 spiro atoms. The van der Waals surface area contributed by atoms with E-state index in [1.807, 2.05) is 66.4 Å². The Labute approximate surface area is 208 Å². The Hall–Kier alpha value is -3.42. The molecule has 3 heterocycles. The lowest BCUT2D eigenvalue weighted by Gasteiger charge is -2.27. The molecule has 2 amide bonds. The lowest BCUT2D eigenvalue weighted by Crippen LogP contribution is -2.36. The molecule has 6 nitrogen and oxygen atoms in total. The lowest BCUT2D eigenvalue weighted by molar-refractivity contribution is 0.0725. The third-order valence-corrected chi connectivity index (χ3v) is 7.72. The van der Waals surface area contributed by atoms with Crippen molar-refractivity contribution in [2.45, 2.75) is 32.8 Å². The Morgan fingerprint density at radius 3 is 2.49 bits per heavy atom. The molecule has 0 bridgehead atoms. The number of furan rings is 1. The van der Waals surface area contributed by atoms with Crippen molar-refractivity contribution in [2.75, 3.05) is 25.5 Å². The van der Waals surface area contributed by atoms with Crippen molar-refractivity contribution in [3.8, 4) is 10.4 Å². The molecular formula is C28H28N2O4S. The number of hydrogen-bond donors (Lipinski definition) is 1. The van der Waals surface area contributed by atoms with Gasteiger partial charge >= 0.3 is 0 Å². The van der Waals surface area contributed by atoms with Gasteiger partial charge in [-0.05, 0) is 43.4 Å². The first kappa shape index (κ1) is 23.3. The van der Waals surface area contributed by atoms with Crippen LogP contribution in [-0.4, -0.2) is 36.9 Å². The van der Waals surface area contributed by atoms with Crippen LogP contribution < -0.4 is 5.32 Å². The molecule has 1 aliphatic heterocycles. The van der Waals surface area contributed by atoms with E-state index in [4.69, 9.17) is 9.15 Å². The van der Waals surface area contributed by atoms with Crippen molar-refractivity contribution in [3.05, 3.63) is 77.0 Å². The fourth-order valence-electron chi connectivity index (χ4n) is 4.71. The van der Waals surface area contributed by atoms with Crippen molar-refractivity contribution >= 4 is 39.1 Å². The predicted octanol–water partition coefficient (Wildman–Crippen LogP) is 6.49. The first-order chi connectivity index (χ1) is 17.1. The first-order valence-electron chi connectivity index (χ1n) is 11.9. The summed E-state index contributed by atoms with van der Waals surface area (Å²) in [5, 5.41) is 4.41. The summed E-state index contributed by atoms with van der Waals surface area (Å²) in [5.41, 5.74) is 3.79. The van der Waals surface area contributed by atoms with E-state index < -0.39 is 0 Å². The van der Waals surface area contributed by atoms with E-state index in [0.717, 1.165) is 53.7 Å². The van der Waals surface area contributed by atoms with Crippen LogP contribution >= 0.6 is 11.3 Å². The molecule has 180 valence electrons. The van der Waals surface area contributed by atoms with Gasteiger partial charge in [0.1, 0.15) is 10.6 Å². The molecule has 0 saturated carbocycles. The third-order valence-electron chi connectivity index (χ3n) is 6.46. The summed E-state index contributed by atoms with van der Waals surface area (Å²) < 4.78 is 11.3. The van der Waals surface area contributed by atoms with E-state index in [-0.39, 0.29) is 24.2 Å². The second-order valence-corrected chi connectivity index (χ2v) is 9.79. The SMILES string of the molecule is COCc1c(C(=O)Nc2sc(-c3ccccc3)c(C)c2C(=O)N2CCCCC2)oc2ccccc12. The number of ether oxygens (including phenoxy) is 1. The molecule has 0 aliphatic carbocycles. The van der Waals surface area contributed by atoms with Crippen LogP contribution in [0.2, 0.25) is 0 Å². The normalized spacial score (nSPS) is 13.8. The van der Waals surface area contributed by atoms with Crippen LogP contribution in [0, 0.1) is 6.92 Å². The fourth-order valence-corrected chi connectivity index (χ4v) is 5.91. The van der Waals surface area contributed by atoms with Crippen LogP contribution in [0.15, 0.2) is 59.0 Å². The summed E-state index contributed by atoms with van der Waals surface area (Å²) in [4.78, 5) is 30.0. The summed E-state index contributed by atoms with van der Waals surface area (Å²) in [6.07, 6.45) is 3.14. The average molecular weight is 489 g/mol. The first-order valence-corrected chi connectivity index (χ1v) is 12.7. The molecule has 7 heteroatoms. The Morgan fingerprint density at radius 1 is 1.03 bits per heavy atom. The zero-order chi connectivity index (χ0) is 24.4. The van der Waals surface area contributed by atoms with Crippen LogP contribution in [0.1, 0.15) is 51.3 Å². The van der Waals surface area contributed by atoms with Crippen molar-refractivity contribution in [2.24, 2.45) is 0 Å². The maximum atomic E-state index is 13.7. The van der Waals surface area contributed by atoms with Gasteiger partial charge in [0.15, 0.2) is 5.76 Å². The fraction of sp³-hybridized carbons (Fsp3) is 0.286. The number of benzene rings is 2. The number of carbonyl (C=O) groups is 2. The second-order valence-electron chi connectivity index (χ2n) is 8.77. The van der Waals surface area contributed by atoms with Gasteiger partial charge in [-0.25, -0.2) is 0 Å². The molecule has 4 aromatic rings. The Kier molecular flexibility index (Phi) is 6.70. The number of nitrogens with zero attached hydrogens (tertiary/aromatic N) is 1. The number of para-hydroxylation sites is 1. The number of carbonyl (C=O) groups excluding carboxylic acids is 2. The van der Waals surface area contributed by atoms with Crippen LogP contribution in [0.25, 0.3) is 21.4 Å². The number of anilines is 1. The van der Waals surface area contributed by atoms with E-state index in [1.54, 1.807) is 7.11 Å². The smallest absolute Gasteiger partial charge is 0.292 e. The highest BCUT2D eigenvalue weighted by atomic mass is 32.1. The summed E-state index contributed by atoms with van der Waals surface area (Å²) in [7, 11) is 1.59. The molecule has 2 aromatic carbocycles. The summed E-state index contributed by atoms with van der Waals surface area (Å²) in [6, 6.07) is 17.5. The topological polar surface area (TPSA) is 71.8 Å². The van der Waals surface area contributed by atoms with Gasteiger partial charge in [-0.2, -0.15) is 0 Å². The van der Waals surface area contributed by atoms with E-state index in [9.17, 15) is 9.59 Å². The largest absolute Gasteiger partial charge is 0.451 e. The van der Waals surface area contributed by atoms with Crippen molar-refractivity contribution in [3.63, 3.8) is 0 Å².